The van der Waals surface area contributed by atoms with Crippen LogP contribution in [0.5, 0.6) is 0 Å². The van der Waals surface area contributed by atoms with E-state index >= 15 is 0 Å². The number of nitrogens with zero attached hydrogens (tertiary/aromatic N) is 3. The van der Waals surface area contributed by atoms with Gasteiger partial charge in [0, 0.05) is 18.7 Å². The molecule has 1 saturated heterocycles. The minimum atomic E-state index is -0.601. The van der Waals surface area contributed by atoms with Crippen LogP contribution in [0.15, 0.2) is 12.3 Å². The predicted octanol–water partition coefficient (Wildman–Crippen LogP) is 1.86. The first kappa shape index (κ1) is 15.7. The zero-order valence-electron chi connectivity index (χ0n) is 11.7. The number of nitrogens with one attached hydrogen (secondary N) is 1. The molecule has 1 aromatic rings. The summed E-state index contributed by atoms with van der Waals surface area (Å²) in [5.41, 5.74) is -0.215. The van der Waals surface area contributed by atoms with E-state index in [1.165, 1.54) is 0 Å². The molecular formula is C13H17ClN4O3. The topological polar surface area (TPSA) is 88.4 Å². The molecule has 1 aliphatic rings. The number of pyridine rings is 1. The smallest absolute Gasteiger partial charge is 0.288 e. The van der Waals surface area contributed by atoms with Crippen LogP contribution < -0.4 is 5.32 Å². The Morgan fingerprint density at radius 2 is 2.43 bits per heavy atom. The van der Waals surface area contributed by atoms with Crippen molar-refractivity contribution < 1.29 is 9.72 Å². The van der Waals surface area contributed by atoms with Gasteiger partial charge in [0.15, 0.2) is 0 Å². The number of likely N-dealkylation sites (tertiary alicyclic amines) is 1. The number of hydrogen-bond acceptors (Lipinski definition) is 5. The predicted molar refractivity (Wildman–Crippen MR) is 78.5 cm³/mol. The van der Waals surface area contributed by atoms with Crippen LogP contribution in [0.3, 0.4) is 0 Å². The van der Waals surface area contributed by atoms with Gasteiger partial charge in [0.1, 0.15) is 11.3 Å². The zero-order chi connectivity index (χ0) is 15.4. The Morgan fingerprint density at radius 3 is 3.10 bits per heavy atom. The fourth-order valence-electron chi connectivity index (χ4n) is 2.54. The van der Waals surface area contributed by atoms with Gasteiger partial charge in [-0.3, -0.25) is 19.8 Å². The molecular weight excluding hydrogens is 296 g/mol. The van der Waals surface area contributed by atoms with Crippen LogP contribution in [-0.2, 0) is 0 Å². The first-order valence-corrected chi connectivity index (χ1v) is 7.23. The fraction of sp³-hybridized carbons (Fsp3) is 0.538. The Bertz CT molecular complexity index is 552. The summed E-state index contributed by atoms with van der Waals surface area (Å²) in [5.74, 6) is -0.431. The summed E-state index contributed by atoms with van der Waals surface area (Å²) < 4.78 is 0. The molecule has 0 saturated carbocycles. The maximum absolute atomic E-state index is 12.1. The lowest BCUT2D eigenvalue weighted by molar-refractivity contribution is -0.385. The highest BCUT2D eigenvalue weighted by molar-refractivity contribution is 6.32. The zero-order valence-corrected chi connectivity index (χ0v) is 12.5. The third-order valence-corrected chi connectivity index (χ3v) is 3.98. The van der Waals surface area contributed by atoms with E-state index in [4.69, 9.17) is 11.6 Å². The SMILES string of the molecule is CCN1CCCC1CNC(=O)c1cc([N+](=O)[O-])cnc1Cl. The average molecular weight is 313 g/mol. The van der Waals surface area contributed by atoms with E-state index in [9.17, 15) is 14.9 Å². The monoisotopic (exact) mass is 312 g/mol. The molecule has 2 rings (SSSR count). The van der Waals surface area contributed by atoms with Crippen molar-refractivity contribution in [2.24, 2.45) is 0 Å². The van der Waals surface area contributed by atoms with Crippen LogP contribution in [0, 0.1) is 10.1 Å². The molecule has 7 nitrogen and oxygen atoms in total. The lowest BCUT2D eigenvalue weighted by Gasteiger charge is -2.22. The largest absolute Gasteiger partial charge is 0.350 e. The van der Waals surface area contributed by atoms with Crippen molar-refractivity contribution in [3.05, 3.63) is 33.1 Å². The van der Waals surface area contributed by atoms with Gasteiger partial charge >= 0.3 is 0 Å². The second-order valence-electron chi connectivity index (χ2n) is 4.92. The summed E-state index contributed by atoms with van der Waals surface area (Å²) in [7, 11) is 0. The summed E-state index contributed by atoms with van der Waals surface area (Å²) in [6.45, 7) is 4.57. The van der Waals surface area contributed by atoms with E-state index in [1.54, 1.807) is 0 Å². The van der Waals surface area contributed by atoms with Crippen LogP contribution in [0.4, 0.5) is 5.69 Å². The van der Waals surface area contributed by atoms with Crippen molar-refractivity contribution in [2.75, 3.05) is 19.6 Å². The molecule has 21 heavy (non-hydrogen) atoms. The maximum Gasteiger partial charge on any atom is 0.288 e. The molecule has 114 valence electrons. The quantitative estimate of drug-likeness (QED) is 0.509. The standard InChI is InChI=1S/C13H17ClN4O3/c1-2-17-5-3-4-9(17)7-16-13(19)11-6-10(18(20)21)8-15-12(11)14/h6,8-9H,2-5,7H2,1H3,(H,16,19). The van der Waals surface area contributed by atoms with Crippen molar-refractivity contribution in [1.29, 1.82) is 0 Å². The van der Waals surface area contributed by atoms with E-state index in [-0.39, 0.29) is 16.4 Å². The van der Waals surface area contributed by atoms with Crippen LogP contribution in [-0.4, -0.2) is 46.4 Å². The van der Waals surface area contributed by atoms with Gasteiger partial charge in [-0.05, 0) is 25.9 Å². The van der Waals surface area contributed by atoms with Gasteiger partial charge in [-0.15, -0.1) is 0 Å². The van der Waals surface area contributed by atoms with Gasteiger partial charge in [-0.2, -0.15) is 0 Å². The minimum absolute atomic E-state index is 0.0307. The van der Waals surface area contributed by atoms with E-state index in [1.807, 2.05) is 0 Å². The van der Waals surface area contributed by atoms with E-state index in [0.29, 0.717) is 12.6 Å². The summed E-state index contributed by atoms with van der Waals surface area (Å²) in [6.07, 6.45) is 3.19. The van der Waals surface area contributed by atoms with Crippen LogP contribution in [0.25, 0.3) is 0 Å². The summed E-state index contributed by atoms with van der Waals surface area (Å²) in [4.78, 5) is 28.2. The number of amides is 1. The van der Waals surface area contributed by atoms with E-state index < -0.39 is 10.8 Å². The van der Waals surface area contributed by atoms with Gasteiger partial charge in [-0.25, -0.2) is 4.98 Å². The second kappa shape index (κ2) is 6.82. The molecule has 0 spiro atoms. The molecule has 2 heterocycles. The highest BCUT2D eigenvalue weighted by Crippen LogP contribution is 2.20. The van der Waals surface area contributed by atoms with Crippen molar-refractivity contribution in [3.8, 4) is 0 Å². The third kappa shape index (κ3) is 3.68. The maximum atomic E-state index is 12.1. The Hall–Kier alpha value is -1.73. The molecule has 1 aromatic heterocycles. The molecule has 1 N–H and O–H groups in total. The number of halogens is 1. The van der Waals surface area contributed by atoms with Crippen molar-refractivity contribution in [2.45, 2.75) is 25.8 Å². The molecule has 0 radical (unpaired) electrons. The van der Waals surface area contributed by atoms with Crippen molar-refractivity contribution >= 4 is 23.2 Å². The molecule has 1 atom stereocenters. The molecule has 1 aliphatic heterocycles. The van der Waals surface area contributed by atoms with Gasteiger partial charge in [0.25, 0.3) is 11.6 Å². The van der Waals surface area contributed by atoms with Crippen molar-refractivity contribution in [1.82, 2.24) is 15.2 Å². The first-order valence-electron chi connectivity index (χ1n) is 6.85. The van der Waals surface area contributed by atoms with Crippen LogP contribution in [0.2, 0.25) is 5.15 Å². The average Bonchev–Trinajstić information content (AvgIpc) is 2.92. The third-order valence-electron chi connectivity index (χ3n) is 3.68. The Balaban J connectivity index is 2.03. The van der Waals surface area contributed by atoms with E-state index in [2.05, 4.69) is 22.1 Å². The summed E-state index contributed by atoms with van der Waals surface area (Å²) >= 11 is 5.84. The second-order valence-corrected chi connectivity index (χ2v) is 5.28. The first-order chi connectivity index (χ1) is 10.0. The molecule has 1 fully saturated rings. The molecule has 1 unspecified atom stereocenters. The summed E-state index contributed by atoms with van der Waals surface area (Å²) in [6, 6.07) is 1.46. The minimum Gasteiger partial charge on any atom is -0.350 e. The van der Waals surface area contributed by atoms with Crippen molar-refractivity contribution in [3.63, 3.8) is 0 Å². The number of carbonyl (C=O) groups is 1. The van der Waals surface area contributed by atoms with Crippen LogP contribution >= 0.6 is 11.6 Å². The number of likely N-dealkylation sites (N-methyl/N-ethyl adjacent to an activating group) is 1. The summed E-state index contributed by atoms with van der Waals surface area (Å²) in [5, 5.41) is 13.5. The number of hydrogen-bond donors (Lipinski definition) is 1. The van der Waals surface area contributed by atoms with Gasteiger partial charge in [-0.1, -0.05) is 18.5 Å². The Labute approximate surface area is 127 Å². The Morgan fingerprint density at radius 1 is 1.67 bits per heavy atom. The number of rotatable bonds is 5. The lowest BCUT2D eigenvalue weighted by Crippen LogP contribution is -2.40. The lowest BCUT2D eigenvalue weighted by atomic mass is 10.2. The highest BCUT2D eigenvalue weighted by atomic mass is 35.5. The molecule has 0 aromatic carbocycles. The van der Waals surface area contributed by atoms with Gasteiger partial charge < -0.3 is 5.32 Å². The van der Waals surface area contributed by atoms with Gasteiger partial charge in [0.2, 0.25) is 0 Å². The molecule has 0 aliphatic carbocycles. The Kier molecular flexibility index (Phi) is 5.08. The number of aromatic nitrogens is 1. The van der Waals surface area contributed by atoms with Crippen LogP contribution in [0.1, 0.15) is 30.1 Å². The molecule has 0 bridgehead atoms. The highest BCUT2D eigenvalue weighted by Gasteiger charge is 2.24. The molecule has 1 amide bonds. The normalized spacial score (nSPS) is 18.7. The number of carbonyl (C=O) groups excluding carboxylic acids is 1. The van der Waals surface area contributed by atoms with Gasteiger partial charge in [0.05, 0.1) is 10.5 Å². The van der Waals surface area contributed by atoms with E-state index in [0.717, 1.165) is 38.2 Å². The number of nitro groups is 1. The molecule has 8 heteroatoms. The fourth-order valence-corrected chi connectivity index (χ4v) is 2.73.